The van der Waals surface area contributed by atoms with E-state index in [1.54, 1.807) is 0 Å². The smallest absolute Gasteiger partial charge is 0.150 e. The van der Waals surface area contributed by atoms with Crippen LogP contribution >= 0.6 is 0 Å². The van der Waals surface area contributed by atoms with Crippen LogP contribution in [0.1, 0.15) is 32.6 Å². The molecule has 0 radical (unpaired) electrons. The molecule has 0 spiro atoms. The van der Waals surface area contributed by atoms with Gasteiger partial charge in [-0.15, -0.1) is 0 Å². The molecule has 0 amide bonds. The van der Waals surface area contributed by atoms with Crippen LogP contribution in [0.2, 0.25) is 0 Å². The zero-order valence-corrected chi connectivity index (χ0v) is 11.5. The molecule has 2 unspecified atom stereocenters. The molecule has 2 rings (SSSR count). The molecule has 0 aromatic carbocycles. The van der Waals surface area contributed by atoms with E-state index in [-0.39, 0.29) is 0 Å². The van der Waals surface area contributed by atoms with E-state index < -0.39 is 9.84 Å². The Balaban J connectivity index is 1.96. The second-order valence-corrected chi connectivity index (χ2v) is 7.91. The first-order valence-electron chi connectivity index (χ1n) is 6.68. The molecule has 0 aliphatic carbocycles. The van der Waals surface area contributed by atoms with Gasteiger partial charge < -0.3 is 5.73 Å². The standard InChI is InChI=1S/C12H24N2O2S/c1-10-2-3-11(8-13)9-14(10)12-4-6-17(15,16)7-5-12/h10-12H,2-9,13H2,1H3. The van der Waals surface area contributed by atoms with Crippen LogP contribution in [-0.2, 0) is 9.84 Å². The summed E-state index contributed by atoms with van der Waals surface area (Å²) in [5, 5.41) is 0. The maximum Gasteiger partial charge on any atom is 0.150 e. The number of likely N-dealkylation sites (tertiary alicyclic amines) is 1. The van der Waals surface area contributed by atoms with Crippen LogP contribution in [0, 0.1) is 5.92 Å². The van der Waals surface area contributed by atoms with Crippen molar-refractivity contribution in [2.24, 2.45) is 11.7 Å². The van der Waals surface area contributed by atoms with Gasteiger partial charge in [-0.1, -0.05) is 0 Å². The highest BCUT2D eigenvalue weighted by atomic mass is 32.2. The second kappa shape index (κ2) is 5.24. The summed E-state index contributed by atoms with van der Waals surface area (Å²) in [6, 6.07) is 1.05. The van der Waals surface area contributed by atoms with Crippen LogP contribution in [-0.4, -0.2) is 50.0 Å². The van der Waals surface area contributed by atoms with Crippen LogP contribution in [0.3, 0.4) is 0 Å². The number of piperidine rings is 1. The van der Waals surface area contributed by atoms with E-state index >= 15 is 0 Å². The van der Waals surface area contributed by atoms with Crippen molar-refractivity contribution < 1.29 is 8.42 Å². The lowest BCUT2D eigenvalue weighted by Crippen LogP contribution is -2.51. The van der Waals surface area contributed by atoms with Crippen LogP contribution in [0.4, 0.5) is 0 Å². The molecule has 2 aliphatic heterocycles. The number of nitrogens with two attached hydrogens (primary N) is 1. The Labute approximate surface area is 104 Å². The van der Waals surface area contributed by atoms with E-state index in [9.17, 15) is 8.42 Å². The first-order chi connectivity index (χ1) is 8.02. The Kier molecular flexibility index (Phi) is 4.10. The Hall–Kier alpha value is -0.130. The van der Waals surface area contributed by atoms with Gasteiger partial charge in [0.2, 0.25) is 0 Å². The lowest BCUT2D eigenvalue weighted by Gasteiger charge is -2.44. The molecule has 0 aromatic rings. The minimum atomic E-state index is -2.74. The SMILES string of the molecule is CC1CCC(CN)CN1C1CCS(=O)(=O)CC1. The molecular formula is C12H24N2O2S. The van der Waals surface area contributed by atoms with E-state index in [2.05, 4.69) is 11.8 Å². The molecule has 0 aromatic heterocycles. The molecule has 0 saturated carbocycles. The average molecular weight is 260 g/mol. The molecule has 0 bridgehead atoms. The lowest BCUT2D eigenvalue weighted by molar-refractivity contribution is 0.0687. The number of hydrogen-bond donors (Lipinski definition) is 1. The lowest BCUT2D eigenvalue weighted by atomic mass is 9.91. The third-order valence-electron chi connectivity index (χ3n) is 4.35. The van der Waals surface area contributed by atoms with Gasteiger partial charge in [-0.2, -0.15) is 0 Å². The molecule has 2 N–H and O–H groups in total. The molecule has 2 atom stereocenters. The van der Waals surface area contributed by atoms with Crippen LogP contribution in [0.5, 0.6) is 0 Å². The third-order valence-corrected chi connectivity index (χ3v) is 6.07. The molecule has 2 heterocycles. The highest BCUT2D eigenvalue weighted by Gasteiger charge is 2.33. The molecule has 4 nitrogen and oxygen atoms in total. The Morgan fingerprint density at radius 2 is 1.82 bits per heavy atom. The van der Waals surface area contributed by atoms with Crippen molar-refractivity contribution in [3.05, 3.63) is 0 Å². The third kappa shape index (κ3) is 3.20. The zero-order chi connectivity index (χ0) is 12.5. The van der Waals surface area contributed by atoms with Crippen molar-refractivity contribution in [2.45, 2.75) is 44.7 Å². The molecule has 2 aliphatic rings. The fourth-order valence-electron chi connectivity index (χ4n) is 3.12. The maximum atomic E-state index is 11.4. The molecule has 17 heavy (non-hydrogen) atoms. The first kappa shape index (κ1) is 13.3. The first-order valence-corrected chi connectivity index (χ1v) is 8.50. The van der Waals surface area contributed by atoms with E-state index in [1.165, 1.54) is 12.8 Å². The molecule has 100 valence electrons. The number of rotatable bonds is 2. The highest BCUT2D eigenvalue weighted by molar-refractivity contribution is 7.91. The Morgan fingerprint density at radius 1 is 1.18 bits per heavy atom. The van der Waals surface area contributed by atoms with Crippen molar-refractivity contribution in [1.29, 1.82) is 0 Å². The Bertz CT molecular complexity index is 342. The van der Waals surface area contributed by atoms with Gasteiger partial charge in [-0.05, 0) is 45.1 Å². The highest BCUT2D eigenvalue weighted by Crippen LogP contribution is 2.28. The number of sulfone groups is 1. The fraction of sp³-hybridized carbons (Fsp3) is 1.00. The van der Waals surface area contributed by atoms with Gasteiger partial charge in [0.25, 0.3) is 0 Å². The van der Waals surface area contributed by atoms with Crippen molar-refractivity contribution in [1.82, 2.24) is 4.90 Å². The minimum Gasteiger partial charge on any atom is -0.330 e. The zero-order valence-electron chi connectivity index (χ0n) is 10.6. The average Bonchev–Trinajstić information content (AvgIpc) is 2.30. The normalized spacial score (nSPS) is 35.9. The van der Waals surface area contributed by atoms with Crippen molar-refractivity contribution in [2.75, 3.05) is 24.6 Å². The number of nitrogens with zero attached hydrogens (tertiary/aromatic N) is 1. The van der Waals surface area contributed by atoms with E-state index in [0.29, 0.717) is 29.5 Å². The molecular weight excluding hydrogens is 236 g/mol. The van der Waals surface area contributed by atoms with Gasteiger partial charge >= 0.3 is 0 Å². The van der Waals surface area contributed by atoms with Crippen molar-refractivity contribution >= 4 is 9.84 Å². The summed E-state index contributed by atoms with van der Waals surface area (Å²) in [5.74, 6) is 1.34. The van der Waals surface area contributed by atoms with Gasteiger partial charge in [-0.25, -0.2) is 8.42 Å². The van der Waals surface area contributed by atoms with Gasteiger partial charge in [0, 0.05) is 18.6 Å². The summed E-state index contributed by atoms with van der Waals surface area (Å²) in [5.41, 5.74) is 5.76. The predicted molar refractivity (Wildman–Crippen MR) is 69.6 cm³/mol. The van der Waals surface area contributed by atoms with Crippen LogP contribution < -0.4 is 5.73 Å². The Morgan fingerprint density at radius 3 is 2.41 bits per heavy atom. The van der Waals surface area contributed by atoms with Gasteiger partial charge in [0.1, 0.15) is 9.84 Å². The minimum absolute atomic E-state index is 0.369. The van der Waals surface area contributed by atoms with Crippen LogP contribution in [0.15, 0.2) is 0 Å². The van der Waals surface area contributed by atoms with Crippen LogP contribution in [0.25, 0.3) is 0 Å². The fourth-order valence-corrected chi connectivity index (χ4v) is 4.59. The van der Waals surface area contributed by atoms with Gasteiger partial charge in [0.15, 0.2) is 0 Å². The van der Waals surface area contributed by atoms with Gasteiger partial charge in [0.05, 0.1) is 11.5 Å². The molecule has 5 heteroatoms. The maximum absolute atomic E-state index is 11.4. The summed E-state index contributed by atoms with van der Waals surface area (Å²) in [6.45, 7) is 4.08. The topological polar surface area (TPSA) is 63.4 Å². The molecule has 2 saturated heterocycles. The summed E-state index contributed by atoms with van der Waals surface area (Å²) in [4.78, 5) is 2.51. The summed E-state index contributed by atoms with van der Waals surface area (Å²) in [7, 11) is -2.74. The second-order valence-electron chi connectivity index (χ2n) is 5.61. The van der Waals surface area contributed by atoms with Gasteiger partial charge in [-0.3, -0.25) is 4.90 Å². The van der Waals surface area contributed by atoms with E-state index in [1.807, 2.05) is 0 Å². The van der Waals surface area contributed by atoms with E-state index in [0.717, 1.165) is 25.9 Å². The summed E-state index contributed by atoms with van der Waals surface area (Å²) < 4.78 is 22.9. The van der Waals surface area contributed by atoms with E-state index in [4.69, 9.17) is 5.73 Å². The predicted octanol–water partition coefficient (Wildman–Crippen LogP) is 0.623. The quantitative estimate of drug-likeness (QED) is 0.791. The molecule has 2 fully saturated rings. The summed E-state index contributed by atoms with van der Waals surface area (Å²) in [6.07, 6.45) is 4.04. The monoisotopic (exact) mass is 260 g/mol. The largest absolute Gasteiger partial charge is 0.330 e. The van der Waals surface area contributed by atoms with Crippen molar-refractivity contribution in [3.63, 3.8) is 0 Å². The van der Waals surface area contributed by atoms with Crippen molar-refractivity contribution in [3.8, 4) is 0 Å². The number of hydrogen-bond acceptors (Lipinski definition) is 4. The summed E-state index contributed by atoms with van der Waals surface area (Å²) >= 11 is 0.